The monoisotopic (exact) mass is 416 g/mol. The minimum Gasteiger partial charge on any atom is -0.466 e. The standard InChI is InChI=1S/C15H14Br2O4/c1-3-21-15(19)11(5-4-6-14(18)20-2)10-7-8-12(16)13(17)9-10/h4-9H,3H2,1-2H3. The van der Waals surface area contributed by atoms with Crippen molar-refractivity contribution in [1.82, 2.24) is 0 Å². The van der Waals surface area contributed by atoms with E-state index in [0.29, 0.717) is 11.1 Å². The Balaban J connectivity index is 3.15. The van der Waals surface area contributed by atoms with E-state index >= 15 is 0 Å². The Kier molecular flexibility index (Phi) is 7.39. The van der Waals surface area contributed by atoms with Crippen molar-refractivity contribution >= 4 is 49.4 Å². The highest BCUT2D eigenvalue weighted by Crippen LogP contribution is 2.27. The number of halogens is 2. The van der Waals surface area contributed by atoms with Gasteiger partial charge in [-0.05, 0) is 62.6 Å². The normalized spacial score (nSPS) is 11.5. The lowest BCUT2D eigenvalue weighted by molar-refractivity contribution is -0.136. The maximum Gasteiger partial charge on any atom is 0.338 e. The number of rotatable bonds is 5. The van der Waals surface area contributed by atoms with E-state index in [1.54, 1.807) is 19.1 Å². The Bertz CT molecular complexity index is 591. The van der Waals surface area contributed by atoms with Gasteiger partial charge in [0.25, 0.3) is 0 Å². The maximum atomic E-state index is 12.0. The van der Waals surface area contributed by atoms with Gasteiger partial charge < -0.3 is 9.47 Å². The zero-order valence-corrected chi connectivity index (χ0v) is 14.7. The van der Waals surface area contributed by atoms with E-state index in [4.69, 9.17) is 4.74 Å². The number of esters is 2. The highest BCUT2D eigenvalue weighted by Gasteiger charge is 2.13. The smallest absolute Gasteiger partial charge is 0.338 e. The molecule has 1 rings (SSSR count). The summed E-state index contributed by atoms with van der Waals surface area (Å²) in [5.74, 6) is -0.951. The Morgan fingerprint density at radius 3 is 2.52 bits per heavy atom. The Labute approximate surface area is 140 Å². The summed E-state index contributed by atoms with van der Waals surface area (Å²) in [6, 6.07) is 5.39. The van der Waals surface area contributed by atoms with Crippen molar-refractivity contribution in [1.29, 1.82) is 0 Å². The van der Waals surface area contributed by atoms with Crippen LogP contribution < -0.4 is 0 Å². The molecule has 1 aromatic carbocycles. The van der Waals surface area contributed by atoms with Crippen LogP contribution in [0.2, 0.25) is 0 Å². The first-order valence-corrected chi connectivity index (χ1v) is 7.67. The van der Waals surface area contributed by atoms with Gasteiger partial charge in [0.2, 0.25) is 0 Å². The fourth-order valence-corrected chi connectivity index (χ4v) is 2.07. The molecule has 0 saturated heterocycles. The average Bonchev–Trinajstić information content (AvgIpc) is 2.46. The zero-order chi connectivity index (χ0) is 15.8. The Morgan fingerprint density at radius 1 is 1.24 bits per heavy atom. The van der Waals surface area contributed by atoms with Crippen molar-refractivity contribution < 1.29 is 19.1 Å². The first kappa shape index (κ1) is 17.7. The molecule has 0 atom stereocenters. The van der Waals surface area contributed by atoms with Crippen LogP contribution in [0.3, 0.4) is 0 Å². The van der Waals surface area contributed by atoms with Gasteiger partial charge >= 0.3 is 11.9 Å². The number of allylic oxidation sites excluding steroid dienone is 2. The van der Waals surface area contributed by atoms with Gasteiger partial charge in [0, 0.05) is 15.0 Å². The Hall–Kier alpha value is -1.40. The van der Waals surface area contributed by atoms with Crippen LogP contribution in [0.1, 0.15) is 12.5 Å². The van der Waals surface area contributed by atoms with E-state index in [1.165, 1.54) is 25.3 Å². The van der Waals surface area contributed by atoms with Gasteiger partial charge in [-0.15, -0.1) is 0 Å². The van der Waals surface area contributed by atoms with Crippen LogP contribution in [0, 0.1) is 0 Å². The zero-order valence-electron chi connectivity index (χ0n) is 11.6. The molecule has 21 heavy (non-hydrogen) atoms. The molecule has 0 radical (unpaired) electrons. The third-order valence-corrected chi connectivity index (χ3v) is 4.30. The summed E-state index contributed by atoms with van der Waals surface area (Å²) in [5.41, 5.74) is 1.03. The van der Waals surface area contributed by atoms with Gasteiger partial charge in [-0.25, -0.2) is 9.59 Å². The lowest BCUT2D eigenvalue weighted by Crippen LogP contribution is -2.07. The van der Waals surface area contributed by atoms with Gasteiger partial charge in [-0.2, -0.15) is 0 Å². The molecule has 0 aliphatic rings. The van der Waals surface area contributed by atoms with E-state index in [1.807, 2.05) is 6.07 Å². The Morgan fingerprint density at radius 2 is 1.95 bits per heavy atom. The van der Waals surface area contributed by atoms with E-state index in [2.05, 4.69) is 36.6 Å². The second-order valence-electron chi connectivity index (χ2n) is 3.81. The summed E-state index contributed by atoms with van der Waals surface area (Å²) < 4.78 is 11.2. The van der Waals surface area contributed by atoms with Gasteiger partial charge in [0.1, 0.15) is 0 Å². The third-order valence-electron chi connectivity index (χ3n) is 2.42. The van der Waals surface area contributed by atoms with Crippen molar-refractivity contribution in [3.63, 3.8) is 0 Å². The molecule has 0 aliphatic heterocycles. The molecule has 0 saturated carbocycles. The van der Waals surface area contributed by atoms with Gasteiger partial charge in [0.15, 0.2) is 0 Å². The first-order valence-electron chi connectivity index (χ1n) is 6.08. The molecule has 112 valence electrons. The van der Waals surface area contributed by atoms with Gasteiger partial charge in [0.05, 0.1) is 19.3 Å². The highest BCUT2D eigenvalue weighted by atomic mass is 79.9. The first-order chi connectivity index (χ1) is 9.99. The third kappa shape index (κ3) is 5.47. The quantitative estimate of drug-likeness (QED) is 0.414. The maximum absolute atomic E-state index is 12.0. The number of ether oxygens (including phenoxy) is 2. The fourth-order valence-electron chi connectivity index (χ4n) is 1.45. The fraction of sp³-hybridized carbons (Fsp3) is 0.200. The van der Waals surface area contributed by atoms with Gasteiger partial charge in [-0.3, -0.25) is 0 Å². The van der Waals surface area contributed by atoms with Crippen molar-refractivity contribution in [2.45, 2.75) is 6.92 Å². The molecule has 0 heterocycles. The lowest BCUT2D eigenvalue weighted by atomic mass is 10.1. The number of hydrogen-bond donors (Lipinski definition) is 0. The predicted octanol–water partition coefficient (Wildman–Crippen LogP) is 3.89. The predicted molar refractivity (Wildman–Crippen MR) is 87.6 cm³/mol. The highest BCUT2D eigenvalue weighted by molar-refractivity contribution is 9.13. The molecule has 0 N–H and O–H groups in total. The second-order valence-corrected chi connectivity index (χ2v) is 5.52. The minimum atomic E-state index is -0.494. The molecule has 4 nitrogen and oxygen atoms in total. The second kappa shape index (κ2) is 8.79. The van der Waals surface area contributed by atoms with Crippen molar-refractivity contribution in [2.75, 3.05) is 13.7 Å². The van der Waals surface area contributed by atoms with E-state index in [9.17, 15) is 9.59 Å². The SMILES string of the molecule is CCOC(=O)C(=CC=CC(=O)OC)c1ccc(Br)c(Br)c1. The number of carbonyl (C=O) groups excluding carboxylic acids is 2. The molecule has 0 amide bonds. The molecule has 1 aromatic rings. The molecule has 0 fully saturated rings. The van der Waals surface area contributed by atoms with Crippen LogP contribution in [-0.2, 0) is 19.1 Å². The molecule has 6 heteroatoms. The molecular formula is C15H14Br2O4. The van der Waals surface area contributed by atoms with Crippen molar-refractivity contribution in [2.24, 2.45) is 0 Å². The summed E-state index contributed by atoms with van der Waals surface area (Å²) in [6.45, 7) is 2.01. The van der Waals surface area contributed by atoms with Gasteiger partial charge in [-0.1, -0.05) is 12.1 Å². The summed E-state index contributed by atoms with van der Waals surface area (Å²) in [4.78, 5) is 23.1. The van der Waals surface area contributed by atoms with E-state index in [0.717, 1.165) is 8.95 Å². The van der Waals surface area contributed by atoms with Crippen LogP contribution in [-0.4, -0.2) is 25.7 Å². The topological polar surface area (TPSA) is 52.6 Å². The molecule has 0 bridgehead atoms. The summed E-state index contributed by atoms with van der Waals surface area (Å²) in [7, 11) is 1.29. The number of benzene rings is 1. The molecule has 0 aromatic heterocycles. The average molecular weight is 418 g/mol. The minimum absolute atomic E-state index is 0.272. The molecule has 0 spiro atoms. The number of carbonyl (C=O) groups is 2. The molecule has 0 aliphatic carbocycles. The van der Waals surface area contributed by atoms with Crippen molar-refractivity contribution in [3.05, 3.63) is 50.9 Å². The van der Waals surface area contributed by atoms with Crippen molar-refractivity contribution in [3.8, 4) is 0 Å². The van der Waals surface area contributed by atoms with Crippen LogP contribution in [0.25, 0.3) is 5.57 Å². The van der Waals surface area contributed by atoms with Crippen LogP contribution in [0.15, 0.2) is 45.4 Å². The van der Waals surface area contributed by atoms with Crippen LogP contribution in [0.5, 0.6) is 0 Å². The van der Waals surface area contributed by atoms with Crippen LogP contribution >= 0.6 is 31.9 Å². The summed E-state index contributed by atoms with van der Waals surface area (Å²) in [5, 5.41) is 0. The lowest BCUT2D eigenvalue weighted by Gasteiger charge is -2.08. The number of methoxy groups -OCH3 is 1. The number of hydrogen-bond acceptors (Lipinski definition) is 4. The van der Waals surface area contributed by atoms with Crippen LogP contribution in [0.4, 0.5) is 0 Å². The molecule has 0 unspecified atom stereocenters. The molecular weight excluding hydrogens is 404 g/mol. The summed E-state index contributed by atoms with van der Waals surface area (Å²) in [6.07, 6.45) is 4.20. The van der Waals surface area contributed by atoms with E-state index < -0.39 is 11.9 Å². The summed E-state index contributed by atoms with van der Waals surface area (Å²) >= 11 is 6.76. The largest absolute Gasteiger partial charge is 0.466 e. The van der Waals surface area contributed by atoms with E-state index in [-0.39, 0.29) is 6.61 Å².